The summed E-state index contributed by atoms with van der Waals surface area (Å²) in [4.78, 5) is 9.54. The Bertz CT molecular complexity index is 312. The molecule has 4 nitrogen and oxygen atoms in total. The zero-order chi connectivity index (χ0) is 15.5. The van der Waals surface area contributed by atoms with Crippen molar-refractivity contribution in [2.24, 2.45) is 10.9 Å². The van der Waals surface area contributed by atoms with Gasteiger partial charge in [0.25, 0.3) is 0 Å². The lowest BCUT2D eigenvalue weighted by Gasteiger charge is -2.29. The summed E-state index contributed by atoms with van der Waals surface area (Å²) in [5, 5.41) is 3.39. The number of hydrogen-bond acceptors (Lipinski definition) is 2. The second-order valence-corrected chi connectivity index (χ2v) is 6.11. The maximum atomic E-state index is 4.77. The first kappa shape index (κ1) is 21.7. The second-order valence-electron chi connectivity index (χ2n) is 6.11. The highest BCUT2D eigenvalue weighted by Gasteiger charge is 2.14. The maximum Gasteiger partial charge on any atom is 0.193 e. The standard InChI is InChI=1S/C17H34N4.HI/c1-5-7-8-12-20(4)17(18-6-2)19-11-15-21-13-9-16(3)10-14-21;/h5,16H,1,6-15H2,2-4H3,(H,18,19);1H. The molecule has 0 aromatic carbocycles. The van der Waals surface area contributed by atoms with Gasteiger partial charge in [-0.05, 0) is 51.6 Å². The van der Waals surface area contributed by atoms with Crippen LogP contribution in [0.5, 0.6) is 0 Å². The smallest absolute Gasteiger partial charge is 0.193 e. The molecule has 1 saturated heterocycles. The molecule has 1 heterocycles. The Morgan fingerprint density at radius 2 is 2.09 bits per heavy atom. The molecular formula is C17H35IN4. The van der Waals surface area contributed by atoms with Crippen LogP contribution in [-0.4, -0.2) is 62.1 Å². The topological polar surface area (TPSA) is 30.9 Å². The molecule has 0 saturated carbocycles. The van der Waals surface area contributed by atoms with Crippen LogP contribution in [0.25, 0.3) is 0 Å². The Morgan fingerprint density at radius 1 is 1.41 bits per heavy atom. The van der Waals surface area contributed by atoms with Gasteiger partial charge in [-0.15, -0.1) is 30.6 Å². The Labute approximate surface area is 154 Å². The van der Waals surface area contributed by atoms with Crippen LogP contribution >= 0.6 is 24.0 Å². The van der Waals surface area contributed by atoms with Crippen LogP contribution < -0.4 is 5.32 Å². The SMILES string of the molecule is C=CCCCN(C)C(=NCCN1CCC(C)CC1)NCC.I. The van der Waals surface area contributed by atoms with Crippen molar-refractivity contribution in [3.63, 3.8) is 0 Å². The van der Waals surface area contributed by atoms with Crippen LogP contribution in [0.3, 0.4) is 0 Å². The molecule has 0 atom stereocenters. The highest BCUT2D eigenvalue weighted by atomic mass is 127. The number of piperidine rings is 1. The Kier molecular flexibility index (Phi) is 13.0. The van der Waals surface area contributed by atoms with Crippen LogP contribution in [-0.2, 0) is 0 Å². The molecule has 0 unspecified atom stereocenters. The minimum absolute atomic E-state index is 0. The average Bonchev–Trinajstić information content (AvgIpc) is 2.48. The molecule has 1 fully saturated rings. The monoisotopic (exact) mass is 422 g/mol. The second kappa shape index (κ2) is 13.2. The van der Waals surface area contributed by atoms with Gasteiger partial charge in [-0.2, -0.15) is 0 Å². The van der Waals surface area contributed by atoms with Gasteiger partial charge in [-0.25, -0.2) is 0 Å². The highest BCUT2D eigenvalue weighted by Crippen LogP contribution is 2.15. The summed E-state index contributed by atoms with van der Waals surface area (Å²) in [6, 6.07) is 0. The quantitative estimate of drug-likeness (QED) is 0.214. The van der Waals surface area contributed by atoms with E-state index in [1.54, 1.807) is 0 Å². The van der Waals surface area contributed by atoms with Gasteiger partial charge in [0.15, 0.2) is 5.96 Å². The number of halogens is 1. The summed E-state index contributed by atoms with van der Waals surface area (Å²) in [5.74, 6) is 1.94. The number of unbranched alkanes of at least 4 members (excludes halogenated alkanes) is 1. The molecule has 0 aromatic rings. The number of nitrogens with one attached hydrogen (secondary N) is 1. The summed E-state index contributed by atoms with van der Waals surface area (Å²) in [6.45, 7) is 14.7. The van der Waals surface area contributed by atoms with Crippen molar-refractivity contribution in [3.05, 3.63) is 12.7 Å². The molecule has 5 heteroatoms. The van der Waals surface area contributed by atoms with Gasteiger partial charge in [-0.1, -0.05) is 13.0 Å². The summed E-state index contributed by atoms with van der Waals surface area (Å²) < 4.78 is 0. The number of likely N-dealkylation sites (tertiary alicyclic amines) is 1. The lowest BCUT2D eigenvalue weighted by molar-refractivity contribution is 0.197. The molecule has 1 rings (SSSR count). The predicted molar refractivity (Wildman–Crippen MR) is 108 cm³/mol. The molecule has 0 aromatic heterocycles. The van der Waals surface area contributed by atoms with Crippen LogP contribution in [0.2, 0.25) is 0 Å². The van der Waals surface area contributed by atoms with Gasteiger partial charge >= 0.3 is 0 Å². The van der Waals surface area contributed by atoms with E-state index in [1.165, 1.54) is 25.9 Å². The zero-order valence-corrected chi connectivity index (χ0v) is 17.0. The number of aliphatic imine (C=N–C) groups is 1. The van der Waals surface area contributed by atoms with E-state index in [2.05, 4.69) is 42.6 Å². The van der Waals surface area contributed by atoms with Crippen molar-refractivity contribution in [1.29, 1.82) is 0 Å². The van der Waals surface area contributed by atoms with E-state index >= 15 is 0 Å². The summed E-state index contributed by atoms with van der Waals surface area (Å²) in [7, 11) is 2.12. The maximum absolute atomic E-state index is 4.77. The van der Waals surface area contributed by atoms with Crippen molar-refractivity contribution < 1.29 is 0 Å². The molecule has 1 aliphatic rings. The lowest BCUT2D eigenvalue weighted by atomic mass is 9.99. The number of hydrogen-bond donors (Lipinski definition) is 1. The predicted octanol–water partition coefficient (Wildman–Crippen LogP) is 3.20. The van der Waals surface area contributed by atoms with Crippen LogP contribution in [0.4, 0.5) is 0 Å². The number of nitrogens with zero attached hydrogens (tertiary/aromatic N) is 3. The normalized spacial score (nSPS) is 17.0. The van der Waals surface area contributed by atoms with E-state index in [9.17, 15) is 0 Å². The van der Waals surface area contributed by atoms with Crippen LogP contribution in [0.1, 0.15) is 39.5 Å². The van der Waals surface area contributed by atoms with Gasteiger partial charge in [0, 0.05) is 26.7 Å². The van der Waals surface area contributed by atoms with Crippen molar-refractivity contribution in [2.45, 2.75) is 39.5 Å². The first-order valence-corrected chi connectivity index (χ1v) is 8.50. The number of guanidine groups is 1. The van der Waals surface area contributed by atoms with Crippen molar-refractivity contribution in [1.82, 2.24) is 15.1 Å². The van der Waals surface area contributed by atoms with E-state index in [0.717, 1.165) is 50.9 Å². The third kappa shape index (κ3) is 8.98. The Balaban J connectivity index is 0.00000441. The lowest BCUT2D eigenvalue weighted by Crippen LogP contribution is -2.40. The summed E-state index contributed by atoms with van der Waals surface area (Å²) >= 11 is 0. The third-order valence-electron chi connectivity index (χ3n) is 4.15. The van der Waals surface area contributed by atoms with Crippen molar-refractivity contribution >= 4 is 29.9 Å². The van der Waals surface area contributed by atoms with Crippen molar-refractivity contribution in [3.8, 4) is 0 Å². The fourth-order valence-corrected chi connectivity index (χ4v) is 2.63. The molecule has 1 N–H and O–H groups in total. The van der Waals surface area contributed by atoms with Gasteiger partial charge in [-0.3, -0.25) is 4.99 Å². The zero-order valence-electron chi connectivity index (χ0n) is 14.7. The van der Waals surface area contributed by atoms with Gasteiger partial charge in [0.1, 0.15) is 0 Å². The van der Waals surface area contributed by atoms with Gasteiger partial charge < -0.3 is 15.1 Å². The van der Waals surface area contributed by atoms with Crippen molar-refractivity contribution in [2.75, 3.05) is 46.3 Å². The summed E-state index contributed by atoms with van der Waals surface area (Å²) in [6.07, 6.45) is 6.86. The Hall–Kier alpha value is -0.300. The molecule has 130 valence electrons. The first-order valence-electron chi connectivity index (χ1n) is 8.50. The van der Waals surface area contributed by atoms with E-state index in [4.69, 9.17) is 4.99 Å². The fourth-order valence-electron chi connectivity index (χ4n) is 2.63. The summed E-state index contributed by atoms with van der Waals surface area (Å²) in [5.41, 5.74) is 0. The van der Waals surface area contributed by atoms with Gasteiger partial charge in [0.05, 0.1) is 6.54 Å². The van der Waals surface area contributed by atoms with E-state index in [0.29, 0.717) is 0 Å². The Morgan fingerprint density at radius 3 is 2.68 bits per heavy atom. The van der Waals surface area contributed by atoms with Crippen LogP contribution in [0.15, 0.2) is 17.6 Å². The van der Waals surface area contributed by atoms with Gasteiger partial charge in [0.2, 0.25) is 0 Å². The largest absolute Gasteiger partial charge is 0.357 e. The third-order valence-corrected chi connectivity index (χ3v) is 4.15. The minimum atomic E-state index is 0. The number of rotatable bonds is 8. The average molecular weight is 422 g/mol. The minimum Gasteiger partial charge on any atom is -0.357 e. The molecular weight excluding hydrogens is 387 g/mol. The fraction of sp³-hybridized carbons (Fsp3) is 0.824. The molecule has 1 aliphatic heterocycles. The van der Waals surface area contributed by atoms with E-state index in [1.807, 2.05) is 6.08 Å². The number of allylic oxidation sites excluding steroid dienone is 1. The highest BCUT2D eigenvalue weighted by molar-refractivity contribution is 14.0. The molecule has 0 aliphatic carbocycles. The van der Waals surface area contributed by atoms with Crippen LogP contribution in [0, 0.1) is 5.92 Å². The molecule has 0 radical (unpaired) electrons. The first-order chi connectivity index (χ1) is 10.2. The van der Waals surface area contributed by atoms with E-state index < -0.39 is 0 Å². The molecule has 0 spiro atoms. The molecule has 0 bridgehead atoms. The molecule has 0 amide bonds. The molecule has 22 heavy (non-hydrogen) atoms. The van der Waals surface area contributed by atoms with E-state index in [-0.39, 0.29) is 24.0 Å².